The van der Waals surface area contributed by atoms with Gasteiger partial charge in [-0.25, -0.2) is 9.98 Å². The lowest BCUT2D eigenvalue weighted by Gasteiger charge is -2.23. The first kappa shape index (κ1) is 17.1. The van der Waals surface area contributed by atoms with Crippen LogP contribution in [0.2, 0.25) is 0 Å². The summed E-state index contributed by atoms with van der Waals surface area (Å²) in [4.78, 5) is 11.5. The molecule has 2 aliphatic rings. The smallest absolute Gasteiger partial charge is 0.189 e. The fraction of sp³-hybridized carbons (Fsp3) is 0.684. The molecule has 1 saturated carbocycles. The van der Waals surface area contributed by atoms with Crippen LogP contribution in [0.15, 0.2) is 23.3 Å². The van der Waals surface area contributed by atoms with Gasteiger partial charge in [-0.2, -0.15) is 0 Å². The van der Waals surface area contributed by atoms with E-state index in [2.05, 4.69) is 26.3 Å². The van der Waals surface area contributed by atoms with Gasteiger partial charge in [-0.15, -0.1) is 0 Å². The number of nitrogens with one attached hydrogen (secondary N) is 1. The molecule has 1 saturated heterocycles. The lowest BCUT2D eigenvalue weighted by atomic mass is 9.96. The zero-order valence-electron chi connectivity index (χ0n) is 14.7. The van der Waals surface area contributed by atoms with Gasteiger partial charge in [0.15, 0.2) is 5.96 Å². The molecule has 24 heavy (non-hydrogen) atoms. The van der Waals surface area contributed by atoms with Crippen molar-refractivity contribution < 1.29 is 0 Å². The van der Waals surface area contributed by atoms with Crippen LogP contribution in [0.3, 0.4) is 0 Å². The van der Waals surface area contributed by atoms with Crippen molar-refractivity contribution in [1.29, 1.82) is 0 Å². The van der Waals surface area contributed by atoms with E-state index in [9.17, 15) is 0 Å². The summed E-state index contributed by atoms with van der Waals surface area (Å²) in [5, 5.41) is 3.38. The van der Waals surface area contributed by atoms with Crippen molar-refractivity contribution in [2.45, 2.75) is 70.4 Å². The Labute approximate surface area is 145 Å². The summed E-state index contributed by atoms with van der Waals surface area (Å²) >= 11 is 0. The minimum Gasteiger partial charge on any atom is -0.370 e. The van der Waals surface area contributed by atoms with Crippen LogP contribution in [-0.4, -0.2) is 30.1 Å². The van der Waals surface area contributed by atoms with Gasteiger partial charge in [-0.3, -0.25) is 0 Å². The van der Waals surface area contributed by atoms with Crippen LogP contribution in [0.4, 0.5) is 5.82 Å². The Morgan fingerprint density at radius 1 is 1.12 bits per heavy atom. The minimum atomic E-state index is 0.507. The van der Waals surface area contributed by atoms with Crippen molar-refractivity contribution in [1.82, 2.24) is 10.3 Å². The highest BCUT2D eigenvalue weighted by atomic mass is 15.2. The molecule has 0 spiro atoms. The molecule has 5 heteroatoms. The van der Waals surface area contributed by atoms with Crippen LogP contribution in [0, 0.1) is 0 Å². The average Bonchev–Trinajstić information content (AvgIpc) is 2.91. The van der Waals surface area contributed by atoms with E-state index in [-0.39, 0.29) is 0 Å². The van der Waals surface area contributed by atoms with Crippen LogP contribution in [0.5, 0.6) is 0 Å². The van der Waals surface area contributed by atoms with Gasteiger partial charge >= 0.3 is 0 Å². The van der Waals surface area contributed by atoms with Crippen molar-refractivity contribution in [3.63, 3.8) is 0 Å². The molecule has 0 bridgehead atoms. The number of guanidine groups is 1. The number of hydrogen-bond acceptors (Lipinski definition) is 3. The van der Waals surface area contributed by atoms with Gasteiger partial charge in [0.2, 0.25) is 0 Å². The number of nitrogens with two attached hydrogens (primary N) is 1. The van der Waals surface area contributed by atoms with Crippen molar-refractivity contribution in [2.24, 2.45) is 10.7 Å². The Balaban J connectivity index is 1.56. The maximum absolute atomic E-state index is 6.07. The van der Waals surface area contributed by atoms with Crippen molar-refractivity contribution in [3.05, 3.63) is 23.9 Å². The predicted octanol–water partition coefficient (Wildman–Crippen LogP) is 3.20. The summed E-state index contributed by atoms with van der Waals surface area (Å²) < 4.78 is 0. The van der Waals surface area contributed by atoms with Crippen LogP contribution >= 0.6 is 0 Å². The van der Waals surface area contributed by atoms with E-state index in [1.165, 1.54) is 63.4 Å². The molecule has 132 valence electrons. The molecule has 0 amide bonds. The zero-order valence-corrected chi connectivity index (χ0v) is 14.7. The van der Waals surface area contributed by atoms with E-state index >= 15 is 0 Å². The van der Waals surface area contributed by atoms with E-state index < -0.39 is 0 Å². The Morgan fingerprint density at radius 3 is 2.58 bits per heavy atom. The maximum Gasteiger partial charge on any atom is 0.189 e. The first-order valence-corrected chi connectivity index (χ1v) is 9.57. The summed E-state index contributed by atoms with van der Waals surface area (Å²) in [6, 6.07) is 4.72. The number of aromatic nitrogens is 1. The van der Waals surface area contributed by atoms with Crippen molar-refractivity contribution in [3.8, 4) is 0 Å². The highest BCUT2D eigenvalue weighted by molar-refractivity contribution is 5.78. The molecule has 0 atom stereocenters. The fourth-order valence-corrected chi connectivity index (χ4v) is 3.71. The molecule has 2 fully saturated rings. The van der Waals surface area contributed by atoms with Crippen molar-refractivity contribution >= 4 is 11.8 Å². The van der Waals surface area contributed by atoms with Crippen molar-refractivity contribution in [2.75, 3.05) is 18.0 Å². The van der Waals surface area contributed by atoms with Gasteiger partial charge in [0.25, 0.3) is 0 Å². The molecular weight excluding hydrogens is 298 g/mol. The molecule has 1 aromatic rings. The third kappa shape index (κ3) is 5.11. The quantitative estimate of drug-likeness (QED) is 0.657. The molecule has 5 nitrogen and oxygen atoms in total. The van der Waals surface area contributed by atoms with Crippen LogP contribution in [0.25, 0.3) is 0 Å². The van der Waals surface area contributed by atoms with Gasteiger partial charge in [0.1, 0.15) is 5.82 Å². The highest BCUT2D eigenvalue weighted by Crippen LogP contribution is 2.19. The first-order chi connectivity index (χ1) is 11.8. The van der Waals surface area contributed by atoms with Gasteiger partial charge in [0, 0.05) is 25.3 Å². The Morgan fingerprint density at radius 2 is 1.83 bits per heavy atom. The first-order valence-electron chi connectivity index (χ1n) is 9.57. The largest absolute Gasteiger partial charge is 0.370 e. The fourth-order valence-electron chi connectivity index (χ4n) is 3.71. The minimum absolute atomic E-state index is 0.507. The number of hydrogen-bond donors (Lipinski definition) is 2. The molecular formula is C19H31N5. The molecule has 1 aromatic heterocycles. The number of nitrogens with zero attached hydrogens (tertiary/aromatic N) is 3. The standard InChI is InChI=1S/C19H31N5/c20-19(23-17-8-4-3-5-9-17)22-15-16-10-11-21-18(14-16)24-12-6-1-2-7-13-24/h10-11,14,17H,1-9,12-13,15H2,(H3,20,22,23). The third-order valence-corrected chi connectivity index (χ3v) is 5.13. The van der Waals surface area contributed by atoms with E-state index in [0.717, 1.165) is 18.9 Å². The number of anilines is 1. The van der Waals surface area contributed by atoms with E-state index in [0.29, 0.717) is 18.5 Å². The molecule has 3 rings (SSSR count). The molecule has 0 aromatic carbocycles. The lowest BCUT2D eigenvalue weighted by Crippen LogP contribution is -2.41. The number of rotatable bonds is 4. The molecule has 0 radical (unpaired) electrons. The second-order valence-electron chi connectivity index (χ2n) is 7.10. The Bertz CT molecular complexity index is 528. The molecule has 2 heterocycles. The second kappa shape index (κ2) is 8.90. The number of aliphatic imine (C=N–C) groups is 1. The Hall–Kier alpha value is -1.78. The highest BCUT2D eigenvalue weighted by Gasteiger charge is 2.14. The van der Waals surface area contributed by atoms with Crippen LogP contribution in [0.1, 0.15) is 63.4 Å². The van der Waals surface area contributed by atoms with E-state index in [1.54, 1.807) is 0 Å². The monoisotopic (exact) mass is 329 g/mol. The predicted molar refractivity (Wildman–Crippen MR) is 100 cm³/mol. The van der Waals surface area contributed by atoms with Crippen LogP contribution < -0.4 is 16.0 Å². The van der Waals surface area contributed by atoms with Gasteiger partial charge < -0.3 is 16.0 Å². The van der Waals surface area contributed by atoms with Gasteiger partial charge in [0.05, 0.1) is 6.54 Å². The van der Waals surface area contributed by atoms with Gasteiger partial charge in [-0.1, -0.05) is 32.1 Å². The SMILES string of the molecule is NC(=NCc1ccnc(N2CCCCCC2)c1)NC1CCCCC1. The van der Waals surface area contributed by atoms with Gasteiger partial charge in [-0.05, 0) is 43.4 Å². The molecule has 3 N–H and O–H groups in total. The Kier molecular flexibility index (Phi) is 6.33. The summed E-state index contributed by atoms with van der Waals surface area (Å²) in [6.45, 7) is 2.85. The molecule has 0 unspecified atom stereocenters. The lowest BCUT2D eigenvalue weighted by molar-refractivity contribution is 0.412. The average molecular weight is 329 g/mol. The molecule has 1 aliphatic carbocycles. The maximum atomic E-state index is 6.07. The second-order valence-corrected chi connectivity index (χ2v) is 7.10. The summed E-state index contributed by atoms with van der Waals surface area (Å²) in [5.74, 6) is 1.67. The number of pyridine rings is 1. The topological polar surface area (TPSA) is 66.5 Å². The third-order valence-electron chi connectivity index (χ3n) is 5.13. The van der Waals surface area contributed by atoms with Crippen LogP contribution in [-0.2, 0) is 6.54 Å². The summed E-state index contributed by atoms with van der Waals surface area (Å²) in [5.41, 5.74) is 7.25. The summed E-state index contributed by atoms with van der Waals surface area (Å²) in [7, 11) is 0. The molecule has 1 aliphatic heterocycles. The van der Waals surface area contributed by atoms with E-state index in [1.807, 2.05) is 12.3 Å². The van der Waals surface area contributed by atoms with E-state index in [4.69, 9.17) is 5.73 Å². The zero-order chi connectivity index (χ0) is 16.6. The summed E-state index contributed by atoms with van der Waals surface area (Å²) in [6.07, 6.45) is 13.5. The normalized spacial score (nSPS) is 20.7.